The molecule has 0 radical (unpaired) electrons. The van der Waals surface area contributed by atoms with E-state index in [2.05, 4.69) is 9.59 Å². The van der Waals surface area contributed by atoms with E-state index in [4.69, 9.17) is 11.6 Å². The Hall–Kier alpha value is -1.86. The lowest BCUT2D eigenvalue weighted by molar-refractivity contribution is -0.114. The molecule has 1 aliphatic heterocycles. The van der Waals surface area contributed by atoms with Crippen molar-refractivity contribution in [1.29, 1.82) is 0 Å². The van der Waals surface area contributed by atoms with Crippen molar-refractivity contribution in [3.05, 3.63) is 39.1 Å². The number of benzene rings is 1. The fourth-order valence-corrected chi connectivity index (χ4v) is 2.81. The van der Waals surface area contributed by atoms with E-state index in [9.17, 15) is 14.0 Å². The first-order valence-electron chi connectivity index (χ1n) is 5.62. The van der Waals surface area contributed by atoms with Crippen LogP contribution in [0.4, 0.5) is 10.1 Å². The number of aromatic nitrogens is 2. The molecular weight excluding hydrogens is 305 g/mol. The monoisotopic (exact) mass is 311 g/mol. The summed E-state index contributed by atoms with van der Waals surface area (Å²) in [5.74, 6) is -1.97. The van der Waals surface area contributed by atoms with E-state index >= 15 is 0 Å². The third-order valence-corrected chi connectivity index (χ3v) is 4.02. The van der Waals surface area contributed by atoms with E-state index in [-0.39, 0.29) is 12.1 Å². The molecule has 0 atom stereocenters. The lowest BCUT2D eigenvalue weighted by Gasteiger charge is -2.17. The van der Waals surface area contributed by atoms with Crippen LogP contribution in [0.15, 0.2) is 12.1 Å². The van der Waals surface area contributed by atoms with Crippen molar-refractivity contribution in [2.24, 2.45) is 0 Å². The molecule has 1 amide bonds. The molecule has 0 unspecified atom stereocenters. The maximum atomic E-state index is 13.4. The third-order valence-electron chi connectivity index (χ3n) is 3.04. The smallest absolute Gasteiger partial charge is 0.298 e. The van der Waals surface area contributed by atoms with Crippen LogP contribution in [0.3, 0.4) is 0 Å². The Morgan fingerprint density at radius 3 is 2.80 bits per heavy atom. The number of hydrogen-bond acceptors (Lipinski definition) is 5. The minimum atomic E-state index is -0.720. The van der Waals surface area contributed by atoms with Gasteiger partial charge in [-0.3, -0.25) is 14.5 Å². The van der Waals surface area contributed by atoms with E-state index in [1.807, 2.05) is 0 Å². The van der Waals surface area contributed by atoms with E-state index in [0.717, 1.165) is 17.6 Å². The van der Waals surface area contributed by atoms with Crippen molar-refractivity contribution in [1.82, 2.24) is 9.59 Å². The summed E-state index contributed by atoms with van der Waals surface area (Å²) in [5.41, 5.74) is 1.41. The topological polar surface area (TPSA) is 63.2 Å². The van der Waals surface area contributed by atoms with Gasteiger partial charge in [-0.25, -0.2) is 4.39 Å². The lowest BCUT2D eigenvalue weighted by Crippen LogP contribution is -2.29. The predicted molar refractivity (Wildman–Crippen MR) is 71.6 cm³/mol. The standard InChI is InChI=1S/C12H7ClFN3O2S/c1-5-2-6(14)3-7-9(5)17(12(19)10(7)18)4-8-11(13)20-16-15-8/h2-3H,4H2,1H3. The van der Waals surface area contributed by atoms with Crippen LogP contribution in [-0.4, -0.2) is 21.3 Å². The Labute approximate surface area is 122 Å². The van der Waals surface area contributed by atoms with Crippen LogP contribution in [-0.2, 0) is 11.3 Å². The highest BCUT2D eigenvalue weighted by Crippen LogP contribution is 2.35. The molecule has 20 heavy (non-hydrogen) atoms. The van der Waals surface area contributed by atoms with Crippen molar-refractivity contribution >= 4 is 40.5 Å². The molecule has 2 heterocycles. The molecule has 8 heteroatoms. The maximum absolute atomic E-state index is 13.4. The van der Waals surface area contributed by atoms with Gasteiger partial charge in [0.2, 0.25) is 0 Å². The number of carbonyl (C=O) groups excluding carboxylic acids is 2. The van der Waals surface area contributed by atoms with E-state index in [1.165, 1.54) is 11.0 Å². The fraction of sp³-hybridized carbons (Fsp3) is 0.167. The highest BCUT2D eigenvalue weighted by Gasteiger charge is 2.38. The summed E-state index contributed by atoms with van der Waals surface area (Å²) in [4.78, 5) is 25.2. The number of nitrogens with zero attached hydrogens (tertiary/aromatic N) is 3. The Balaban J connectivity index is 2.09. The van der Waals surface area contributed by atoms with Crippen molar-refractivity contribution in [3.8, 4) is 0 Å². The number of ketones is 1. The van der Waals surface area contributed by atoms with Gasteiger partial charge in [-0.05, 0) is 24.6 Å². The summed E-state index contributed by atoms with van der Waals surface area (Å²) in [6.45, 7) is 1.68. The first-order valence-corrected chi connectivity index (χ1v) is 6.77. The summed E-state index contributed by atoms with van der Waals surface area (Å²) in [6, 6.07) is 2.35. The average Bonchev–Trinajstić information content (AvgIpc) is 2.88. The maximum Gasteiger partial charge on any atom is 0.299 e. The van der Waals surface area contributed by atoms with Crippen molar-refractivity contribution in [2.75, 3.05) is 4.90 Å². The summed E-state index contributed by atoms with van der Waals surface area (Å²) < 4.78 is 17.4. The van der Waals surface area contributed by atoms with Gasteiger partial charge in [-0.1, -0.05) is 16.1 Å². The minimum Gasteiger partial charge on any atom is -0.298 e. The highest BCUT2D eigenvalue weighted by molar-refractivity contribution is 7.10. The van der Waals surface area contributed by atoms with Crippen molar-refractivity contribution in [3.63, 3.8) is 0 Å². The minimum absolute atomic E-state index is 0.0411. The van der Waals surface area contributed by atoms with Gasteiger partial charge in [-0.15, -0.1) is 5.10 Å². The van der Waals surface area contributed by atoms with Gasteiger partial charge in [0.15, 0.2) is 0 Å². The average molecular weight is 312 g/mol. The molecule has 0 bridgehead atoms. The molecule has 0 spiro atoms. The number of amides is 1. The van der Waals surface area contributed by atoms with Crippen molar-refractivity contribution in [2.45, 2.75) is 13.5 Å². The van der Waals surface area contributed by atoms with Crippen LogP contribution in [0.25, 0.3) is 0 Å². The second-order valence-corrected chi connectivity index (χ2v) is 5.69. The largest absolute Gasteiger partial charge is 0.299 e. The van der Waals surface area contributed by atoms with Crippen LogP contribution in [0.1, 0.15) is 21.6 Å². The van der Waals surface area contributed by atoms with Crippen LogP contribution in [0.2, 0.25) is 4.34 Å². The number of aryl methyl sites for hydroxylation is 1. The Bertz CT molecular complexity index is 746. The third kappa shape index (κ3) is 1.90. The molecule has 102 valence electrons. The van der Waals surface area contributed by atoms with Gasteiger partial charge in [-0.2, -0.15) is 0 Å². The molecule has 1 aromatic heterocycles. The molecular formula is C12H7ClFN3O2S. The molecule has 0 saturated heterocycles. The van der Waals surface area contributed by atoms with E-state index < -0.39 is 17.5 Å². The molecule has 0 fully saturated rings. The van der Waals surface area contributed by atoms with Crippen LogP contribution in [0, 0.1) is 12.7 Å². The molecule has 1 aromatic carbocycles. The summed E-state index contributed by atoms with van der Waals surface area (Å²) in [6.07, 6.45) is 0. The number of anilines is 1. The number of rotatable bonds is 2. The fourth-order valence-electron chi connectivity index (χ4n) is 2.20. The van der Waals surface area contributed by atoms with E-state index in [1.54, 1.807) is 6.92 Å². The SMILES string of the molecule is Cc1cc(F)cc2c1N(Cc1nnsc1Cl)C(=O)C2=O. The first-order chi connectivity index (χ1) is 9.49. The summed E-state index contributed by atoms with van der Waals surface area (Å²) >= 11 is 6.90. The quantitative estimate of drug-likeness (QED) is 0.799. The number of halogens is 2. The molecule has 0 saturated carbocycles. The van der Waals surface area contributed by atoms with Crippen molar-refractivity contribution < 1.29 is 14.0 Å². The molecule has 3 rings (SSSR count). The summed E-state index contributed by atoms with van der Waals surface area (Å²) in [5, 5.41) is 3.82. The predicted octanol–water partition coefficient (Wildman–Crippen LogP) is 2.37. The molecule has 0 aliphatic carbocycles. The van der Waals surface area contributed by atoms with Gasteiger partial charge >= 0.3 is 0 Å². The zero-order valence-corrected chi connectivity index (χ0v) is 11.8. The Morgan fingerprint density at radius 2 is 2.15 bits per heavy atom. The molecule has 0 N–H and O–H groups in total. The molecule has 1 aliphatic rings. The van der Waals surface area contributed by atoms with E-state index in [0.29, 0.717) is 21.3 Å². The second kappa shape index (κ2) is 4.60. The Kier molecular flexibility index (Phi) is 3.02. The number of carbonyl (C=O) groups is 2. The lowest BCUT2D eigenvalue weighted by atomic mass is 10.1. The zero-order valence-electron chi connectivity index (χ0n) is 10.2. The number of fused-ring (bicyclic) bond motifs is 1. The van der Waals surface area contributed by atoms with Gasteiger partial charge in [0.1, 0.15) is 15.8 Å². The van der Waals surface area contributed by atoms with Crippen LogP contribution >= 0.6 is 23.1 Å². The zero-order chi connectivity index (χ0) is 14.4. The van der Waals surface area contributed by atoms with Gasteiger partial charge in [0.05, 0.1) is 17.8 Å². The van der Waals surface area contributed by atoms with Crippen LogP contribution < -0.4 is 4.90 Å². The first kappa shape index (κ1) is 13.1. The van der Waals surface area contributed by atoms with Gasteiger partial charge in [0, 0.05) is 11.5 Å². The number of Topliss-reactive ketones (excluding diaryl/α,β-unsaturated/α-hetero) is 1. The Morgan fingerprint density at radius 1 is 1.40 bits per heavy atom. The highest BCUT2D eigenvalue weighted by atomic mass is 35.5. The van der Waals surface area contributed by atoms with Gasteiger partial charge < -0.3 is 0 Å². The van der Waals surface area contributed by atoms with Gasteiger partial charge in [0.25, 0.3) is 11.7 Å². The normalized spacial score (nSPS) is 14.1. The molecule has 5 nitrogen and oxygen atoms in total. The second-order valence-electron chi connectivity index (χ2n) is 4.33. The van der Waals surface area contributed by atoms with Crippen LogP contribution in [0.5, 0.6) is 0 Å². The molecule has 2 aromatic rings. The number of hydrogen-bond donors (Lipinski definition) is 0. The summed E-state index contributed by atoms with van der Waals surface area (Å²) in [7, 11) is 0.